The third-order valence-electron chi connectivity index (χ3n) is 1.22. The van der Waals surface area contributed by atoms with Crippen LogP contribution in [0, 0.1) is 5.41 Å². The third kappa shape index (κ3) is 1.94. The van der Waals surface area contributed by atoms with Crippen molar-refractivity contribution in [1.29, 1.82) is 5.41 Å². The zero-order valence-corrected chi connectivity index (χ0v) is 7.91. The van der Waals surface area contributed by atoms with Gasteiger partial charge in [-0.1, -0.05) is 11.6 Å². The molecule has 0 aliphatic heterocycles. The minimum absolute atomic E-state index is 0.0357. The first kappa shape index (κ1) is 8.56. The molecule has 4 heteroatoms. The maximum Gasteiger partial charge on any atom is 0.123 e. The molecule has 1 rings (SSSR count). The highest BCUT2D eigenvalue weighted by molar-refractivity contribution is 9.10. The van der Waals surface area contributed by atoms with Crippen LogP contribution in [-0.4, -0.2) is 5.84 Å². The van der Waals surface area contributed by atoms with E-state index in [2.05, 4.69) is 15.9 Å². The Balaban J connectivity index is 3.20. The van der Waals surface area contributed by atoms with E-state index in [0.717, 1.165) is 4.47 Å². The van der Waals surface area contributed by atoms with Crippen molar-refractivity contribution >= 4 is 33.4 Å². The molecule has 0 unspecified atom stereocenters. The van der Waals surface area contributed by atoms with Crippen LogP contribution in [0.1, 0.15) is 5.56 Å². The molecule has 58 valence electrons. The van der Waals surface area contributed by atoms with Gasteiger partial charge in [-0.15, -0.1) is 0 Å². The van der Waals surface area contributed by atoms with Crippen LogP contribution in [0.2, 0.25) is 5.02 Å². The molecule has 0 spiro atoms. The number of nitrogens with one attached hydrogen (secondary N) is 1. The molecule has 0 radical (unpaired) electrons. The Morgan fingerprint density at radius 1 is 1.55 bits per heavy atom. The minimum Gasteiger partial charge on any atom is -0.384 e. The Morgan fingerprint density at radius 3 is 2.64 bits per heavy atom. The first-order valence-electron chi connectivity index (χ1n) is 2.90. The average molecular weight is 233 g/mol. The van der Waals surface area contributed by atoms with Gasteiger partial charge < -0.3 is 5.73 Å². The predicted octanol–water partition coefficient (Wildman–Crippen LogP) is 2.39. The first-order chi connectivity index (χ1) is 5.11. The van der Waals surface area contributed by atoms with Gasteiger partial charge in [-0.2, -0.15) is 0 Å². The second-order valence-electron chi connectivity index (χ2n) is 2.04. The summed E-state index contributed by atoms with van der Waals surface area (Å²) in [5.41, 5.74) is 5.94. The van der Waals surface area contributed by atoms with Crippen LogP contribution < -0.4 is 5.73 Å². The molecule has 0 saturated heterocycles. The van der Waals surface area contributed by atoms with Gasteiger partial charge in [0.2, 0.25) is 0 Å². The fraction of sp³-hybridized carbons (Fsp3) is 0. The number of nitrogens with two attached hydrogens (primary N) is 1. The van der Waals surface area contributed by atoms with Crippen LogP contribution in [0.25, 0.3) is 0 Å². The van der Waals surface area contributed by atoms with E-state index in [-0.39, 0.29) is 5.84 Å². The Kier molecular flexibility index (Phi) is 2.52. The second-order valence-corrected chi connectivity index (χ2v) is 3.33. The number of hydrogen-bond donors (Lipinski definition) is 2. The summed E-state index contributed by atoms with van der Waals surface area (Å²) in [7, 11) is 0. The number of rotatable bonds is 1. The molecule has 0 aliphatic rings. The topological polar surface area (TPSA) is 49.9 Å². The largest absolute Gasteiger partial charge is 0.384 e. The van der Waals surface area contributed by atoms with Crippen LogP contribution in [0.15, 0.2) is 22.7 Å². The van der Waals surface area contributed by atoms with Crippen molar-refractivity contribution in [3.8, 4) is 0 Å². The Morgan fingerprint density at radius 2 is 2.18 bits per heavy atom. The lowest BCUT2D eigenvalue weighted by atomic mass is 10.2. The highest BCUT2D eigenvalue weighted by Gasteiger charge is 2.01. The van der Waals surface area contributed by atoms with E-state index in [4.69, 9.17) is 22.7 Å². The molecule has 0 fully saturated rings. The van der Waals surface area contributed by atoms with Crippen molar-refractivity contribution < 1.29 is 0 Å². The normalized spacial score (nSPS) is 9.64. The molecule has 1 aromatic carbocycles. The second kappa shape index (κ2) is 3.24. The van der Waals surface area contributed by atoms with Crippen molar-refractivity contribution in [2.24, 2.45) is 5.73 Å². The Bertz CT molecular complexity index is 298. The van der Waals surface area contributed by atoms with Crippen LogP contribution in [0.3, 0.4) is 0 Å². The van der Waals surface area contributed by atoms with Gasteiger partial charge in [0.25, 0.3) is 0 Å². The van der Waals surface area contributed by atoms with Crippen molar-refractivity contribution in [2.75, 3.05) is 0 Å². The molecule has 0 amide bonds. The standard InChI is InChI=1S/C7H6BrClN2/c8-6-3-4(9)1-2-5(6)7(10)11/h1-3H,(H3,10,11). The molecule has 0 bridgehead atoms. The van der Waals surface area contributed by atoms with Gasteiger partial charge in [0.05, 0.1) is 0 Å². The van der Waals surface area contributed by atoms with Gasteiger partial charge in [-0.05, 0) is 34.1 Å². The van der Waals surface area contributed by atoms with E-state index >= 15 is 0 Å². The van der Waals surface area contributed by atoms with Gasteiger partial charge in [0.1, 0.15) is 5.84 Å². The van der Waals surface area contributed by atoms with Gasteiger partial charge in [-0.3, -0.25) is 5.41 Å². The summed E-state index contributed by atoms with van der Waals surface area (Å²) < 4.78 is 0.748. The summed E-state index contributed by atoms with van der Waals surface area (Å²) in [4.78, 5) is 0. The van der Waals surface area contributed by atoms with Crippen LogP contribution >= 0.6 is 27.5 Å². The van der Waals surface area contributed by atoms with Crippen LogP contribution in [0.4, 0.5) is 0 Å². The summed E-state index contributed by atoms with van der Waals surface area (Å²) in [6, 6.07) is 5.11. The summed E-state index contributed by atoms with van der Waals surface area (Å²) in [5, 5.41) is 7.78. The van der Waals surface area contributed by atoms with E-state index in [1.165, 1.54) is 0 Å². The minimum atomic E-state index is 0.0357. The number of halogens is 2. The zero-order chi connectivity index (χ0) is 8.43. The predicted molar refractivity (Wildman–Crippen MR) is 50.2 cm³/mol. The Labute approximate surface area is 78.0 Å². The molecular weight excluding hydrogens is 227 g/mol. The van der Waals surface area contributed by atoms with E-state index in [1.807, 2.05) is 0 Å². The first-order valence-corrected chi connectivity index (χ1v) is 4.08. The molecule has 0 aromatic heterocycles. The maximum absolute atomic E-state index is 7.15. The molecular formula is C7H6BrClN2. The van der Waals surface area contributed by atoms with E-state index in [9.17, 15) is 0 Å². The quantitative estimate of drug-likeness (QED) is 0.568. The lowest BCUT2D eigenvalue weighted by Crippen LogP contribution is -2.11. The highest BCUT2D eigenvalue weighted by Crippen LogP contribution is 2.20. The number of amidine groups is 1. The third-order valence-corrected chi connectivity index (χ3v) is 2.11. The lowest BCUT2D eigenvalue weighted by molar-refractivity contribution is 1.41. The summed E-state index contributed by atoms with van der Waals surface area (Å²) >= 11 is 8.92. The van der Waals surface area contributed by atoms with Crippen molar-refractivity contribution in [3.63, 3.8) is 0 Å². The van der Waals surface area contributed by atoms with E-state index in [1.54, 1.807) is 18.2 Å². The van der Waals surface area contributed by atoms with Gasteiger partial charge in [0.15, 0.2) is 0 Å². The average Bonchev–Trinajstić information content (AvgIpc) is 1.85. The lowest BCUT2D eigenvalue weighted by Gasteiger charge is -2.00. The molecule has 2 nitrogen and oxygen atoms in total. The number of benzene rings is 1. The summed E-state index contributed by atoms with van der Waals surface area (Å²) in [5.74, 6) is 0.0357. The van der Waals surface area contributed by atoms with Crippen molar-refractivity contribution in [3.05, 3.63) is 33.3 Å². The summed E-state index contributed by atoms with van der Waals surface area (Å²) in [6.45, 7) is 0. The molecule has 0 saturated carbocycles. The molecule has 0 atom stereocenters. The van der Waals surface area contributed by atoms with Gasteiger partial charge in [0, 0.05) is 15.1 Å². The van der Waals surface area contributed by atoms with Crippen LogP contribution in [-0.2, 0) is 0 Å². The molecule has 0 aliphatic carbocycles. The molecule has 3 N–H and O–H groups in total. The summed E-state index contributed by atoms with van der Waals surface area (Å²) in [6.07, 6.45) is 0. The smallest absolute Gasteiger partial charge is 0.123 e. The van der Waals surface area contributed by atoms with Crippen LogP contribution in [0.5, 0.6) is 0 Å². The zero-order valence-electron chi connectivity index (χ0n) is 5.57. The van der Waals surface area contributed by atoms with E-state index in [0.29, 0.717) is 10.6 Å². The monoisotopic (exact) mass is 232 g/mol. The highest BCUT2D eigenvalue weighted by atomic mass is 79.9. The Hall–Kier alpha value is -0.540. The molecule has 0 heterocycles. The van der Waals surface area contributed by atoms with Gasteiger partial charge >= 0.3 is 0 Å². The molecule has 11 heavy (non-hydrogen) atoms. The van der Waals surface area contributed by atoms with Gasteiger partial charge in [-0.25, -0.2) is 0 Å². The molecule has 1 aromatic rings. The number of hydrogen-bond acceptors (Lipinski definition) is 1. The van der Waals surface area contributed by atoms with Crippen molar-refractivity contribution in [1.82, 2.24) is 0 Å². The van der Waals surface area contributed by atoms with E-state index < -0.39 is 0 Å². The fourth-order valence-electron chi connectivity index (χ4n) is 0.708. The maximum atomic E-state index is 7.15. The number of nitrogen functional groups attached to an aromatic ring is 1. The SMILES string of the molecule is N=C(N)c1ccc(Cl)cc1Br. The fourth-order valence-corrected chi connectivity index (χ4v) is 1.60. The van der Waals surface area contributed by atoms with Crippen molar-refractivity contribution in [2.45, 2.75) is 0 Å².